The van der Waals surface area contributed by atoms with E-state index in [0.717, 1.165) is 23.0 Å². The number of rotatable bonds is 6. The van der Waals surface area contributed by atoms with Crippen molar-refractivity contribution in [1.29, 1.82) is 0 Å². The summed E-state index contributed by atoms with van der Waals surface area (Å²) < 4.78 is 15.6. The first-order valence-corrected chi connectivity index (χ1v) is 10.3. The Morgan fingerprint density at radius 3 is 2.76 bits per heavy atom. The van der Waals surface area contributed by atoms with Crippen molar-refractivity contribution in [3.63, 3.8) is 0 Å². The Kier molecular flexibility index (Phi) is 5.59. The Morgan fingerprint density at radius 1 is 1.28 bits per heavy atom. The Labute approximate surface area is 156 Å². The highest BCUT2D eigenvalue weighted by atomic mass is 32.2. The summed E-state index contributed by atoms with van der Waals surface area (Å²) >= 11 is 3.36. The highest BCUT2D eigenvalue weighted by Crippen LogP contribution is 2.35. The van der Waals surface area contributed by atoms with Crippen molar-refractivity contribution < 1.29 is 4.39 Å². The van der Waals surface area contributed by atoms with E-state index in [1.165, 1.54) is 22.1 Å². The van der Waals surface area contributed by atoms with Gasteiger partial charge in [-0.15, -0.1) is 21.5 Å². The van der Waals surface area contributed by atoms with Gasteiger partial charge < -0.3 is 0 Å². The summed E-state index contributed by atoms with van der Waals surface area (Å²) in [6.45, 7) is 8.62. The second-order valence-electron chi connectivity index (χ2n) is 6.23. The number of aryl methyl sites for hydroxylation is 1. The minimum atomic E-state index is -0.203. The van der Waals surface area contributed by atoms with Crippen molar-refractivity contribution in [2.75, 3.05) is 0 Å². The molecular weight excluding hydrogens is 353 g/mol. The van der Waals surface area contributed by atoms with Gasteiger partial charge in [0.1, 0.15) is 5.82 Å². The SMILES string of the molecule is CCc1c(-c2nnc(SCc3cccc(F)c3)n2C(C)C)csc1C. The number of thioether (sulfide) groups is 1. The van der Waals surface area contributed by atoms with E-state index >= 15 is 0 Å². The molecule has 25 heavy (non-hydrogen) atoms. The fourth-order valence-corrected chi connectivity index (χ4v) is 4.85. The van der Waals surface area contributed by atoms with Crippen LogP contribution in [0.5, 0.6) is 0 Å². The van der Waals surface area contributed by atoms with Gasteiger partial charge in [-0.05, 0) is 50.5 Å². The zero-order valence-corrected chi connectivity index (χ0v) is 16.5. The van der Waals surface area contributed by atoms with Crippen LogP contribution < -0.4 is 0 Å². The van der Waals surface area contributed by atoms with Crippen molar-refractivity contribution in [3.05, 3.63) is 51.5 Å². The van der Waals surface area contributed by atoms with Crippen LogP contribution in [0.25, 0.3) is 11.4 Å². The number of halogens is 1. The number of hydrogen-bond acceptors (Lipinski definition) is 4. The lowest BCUT2D eigenvalue weighted by Gasteiger charge is -2.14. The number of hydrogen-bond donors (Lipinski definition) is 0. The van der Waals surface area contributed by atoms with Crippen LogP contribution in [0.1, 0.15) is 42.8 Å². The molecule has 0 aliphatic carbocycles. The van der Waals surface area contributed by atoms with E-state index < -0.39 is 0 Å². The van der Waals surface area contributed by atoms with Crippen LogP contribution in [-0.4, -0.2) is 14.8 Å². The summed E-state index contributed by atoms with van der Waals surface area (Å²) in [4.78, 5) is 1.34. The predicted molar refractivity (Wildman–Crippen MR) is 104 cm³/mol. The van der Waals surface area contributed by atoms with Gasteiger partial charge in [0.2, 0.25) is 0 Å². The summed E-state index contributed by atoms with van der Waals surface area (Å²) in [5.74, 6) is 1.40. The highest BCUT2D eigenvalue weighted by Gasteiger charge is 2.20. The fraction of sp³-hybridized carbons (Fsp3) is 0.368. The molecule has 0 unspecified atom stereocenters. The third-order valence-corrected chi connectivity index (χ3v) is 6.10. The summed E-state index contributed by atoms with van der Waals surface area (Å²) in [5, 5.41) is 12.0. The first kappa shape index (κ1) is 18.1. The van der Waals surface area contributed by atoms with Crippen molar-refractivity contribution in [1.82, 2.24) is 14.8 Å². The van der Waals surface area contributed by atoms with Crippen LogP contribution in [0.4, 0.5) is 4.39 Å². The van der Waals surface area contributed by atoms with Gasteiger partial charge in [0.25, 0.3) is 0 Å². The molecular formula is C19H22FN3S2. The Hall–Kier alpha value is -1.66. The predicted octanol–water partition coefficient (Wildman–Crippen LogP) is 5.89. The lowest BCUT2D eigenvalue weighted by atomic mass is 10.1. The molecule has 3 rings (SSSR count). The molecule has 0 radical (unpaired) electrons. The molecule has 6 heteroatoms. The zero-order chi connectivity index (χ0) is 18.0. The van der Waals surface area contributed by atoms with E-state index in [4.69, 9.17) is 0 Å². The molecule has 0 fully saturated rings. The van der Waals surface area contributed by atoms with Gasteiger partial charge in [-0.25, -0.2) is 4.39 Å². The molecule has 0 saturated carbocycles. The first-order chi connectivity index (χ1) is 12.0. The third kappa shape index (κ3) is 3.80. The molecule has 0 spiro atoms. The number of aromatic nitrogens is 3. The lowest BCUT2D eigenvalue weighted by Crippen LogP contribution is -2.05. The largest absolute Gasteiger partial charge is 0.299 e. The highest BCUT2D eigenvalue weighted by molar-refractivity contribution is 7.98. The van der Waals surface area contributed by atoms with Crippen LogP contribution in [0.2, 0.25) is 0 Å². The molecule has 1 aromatic carbocycles. The average molecular weight is 376 g/mol. The molecule has 0 bridgehead atoms. The maximum absolute atomic E-state index is 13.4. The number of benzene rings is 1. The molecule has 0 N–H and O–H groups in total. The Balaban J connectivity index is 1.92. The minimum absolute atomic E-state index is 0.203. The lowest BCUT2D eigenvalue weighted by molar-refractivity contribution is 0.555. The molecule has 0 aliphatic heterocycles. The van der Waals surface area contributed by atoms with E-state index in [9.17, 15) is 4.39 Å². The van der Waals surface area contributed by atoms with Gasteiger partial charge in [0.15, 0.2) is 11.0 Å². The molecule has 0 atom stereocenters. The molecule has 0 aliphatic rings. The normalized spacial score (nSPS) is 11.4. The quantitative estimate of drug-likeness (QED) is 0.503. The van der Waals surface area contributed by atoms with E-state index in [1.807, 2.05) is 6.07 Å². The molecule has 2 aromatic heterocycles. The van der Waals surface area contributed by atoms with Crippen molar-refractivity contribution in [2.24, 2.45) is 0 Å². The minimum Gasteiger partial charge on any atom is -0.299 e. The second kappa shape index (κ2) is 7.70. The summed E-state index contributed by atoms with van der Waals surface area (Å²) in [5.41, 5.74) is 3.48. The van der Waals surface area contributed by atoms with E-state index in [2.05, 4.69) is 47.8 Å². The van der Waals surface area contributed by atoms with Crippen LogP contribution in [-0.2, 0) is 12.2 Å². The standard InChI is InChI=1S/C19H22FN3S2/c1-5-16-13(4)24-11-17(16)18-21-22-19(23(18)12(2)3)25-10-14-7-6-8-15(20)9-14/h6-9,11-12H,5,10H2,1-4H3. The summed E-state index contributed by atoms with van der Waals surface area (Å²) in [6, 6.07) is 6.97. The van der Waals surface area contributed by atoms with Crippen LogP contribution in [0.3, 0.4) is 0 Å². The van der Waals surface area contributed by atoms with E-state index in [1.54, 1.807) is 35.2 Å². The smallest absolute Gasteiger partial charge is 0.192 e. The van der Waals surface area contributed by atoms with Gasteiger partial charge in [0.05, 0.1) is 0 Å². The molecule has 0 amide bonds. The summed E-state index contributed by atoms with van der Waals surface area (Å²) in [7, 11) is 0. The van der Waals surface area contributed by atoms with Crippen molar-refractivity contribution in [2.45, 2.75) is 51.1 Å². The van der Waals surface area contributed by atoms with Gasteiger partial charge in [0, 0.05) is 27.6 Å². The van der Waals surface area contributed by atoms with Gasteiger partial charge in [-0.2, -0.15) is 0 Å². The van der Waals surface area contributed by atoms with Gasteiger partial charge in [-0.3, -0.25) is 4.57 Å². The second-order valence-corrected chi connectivity index (χ2v) is 8.25. The monoisotopic (exact) mass is 375 g/mol. The van der Waals surface area contributed by atoms with Crippen molar-refractivity contribution >= 4 is 23.1 Å². The van der Waals surface area contributed by atoms with E-state index in [-0.39, 0.29) is 11.9 Å². The van der Waals surface area contributed by atoms with Crippen molar-refractivity contribution in [3.8, 4) is 11.4 Å². The summed E-state index contributed by atoms with van der Waals surface area (Å²) in [6.07, 6.45) is 0.987. The third-order valence-electron chi connectivity index (χ3n) is 4.14. The number of nitrogens with zero attached hydrogens (tertiary/aromatic N) is 3. The Morgan fingerprint density at radius 2 is 2.08 bits per heavy atom. The average Bonchev–Trinajstić information content (AvgIpc) is 3.15. The maximum Gasteiger partial charge on any atom is 0.192 e. The van der Waals surface area contributed by atoms with E-state index in [0.29, 0.717) is 5.75 Å². The Bertz CT molecular complexity index is 867. The molecule has 132 valence electrons. The molecule has 0 saturated heterocycles. The molecule has 3 aromatic rings. The molecule has 2 heterocycles. The number of thiophene rings is 1. The van der Waals surface area contributed by atoms with Gasteiger partial charge >= 0.3 is 0 Å². The molecule has 3 nitrogen and oxygen atoms in total. The van der Waals surface area contributed by atoms with Crippen LogP contribution >= 0.6 is 23.1 Å². The topological polar surface area (TPSA) is 30.7 Å². The fourth-order valence-electron chi connectivity index (χ4n) is 2.91. The van der Waals surface area contributed by atoms with Crippen LogP contribution in [0, 0.1) is 12.7 Å². The maximum atomic E-state index is 13.4. The van der Waals surface area contributed by atoms with Gasteiger partial charge in [-0.1, -0.05) is 30.8 Å². The zero-order valence-electron chi connectivity index (χ0n) is 14.9. The van der Waals surface area contributed by atoms with Crippen LogP contribution in [0.15, 0.2) is 34.8 Å². The first-order valence-electron chi connectivity index (χ1n) is 8.40.